The van der Waals surface area contributed by atoms with E-state index < -0.39 is 0 Å². The number of morpholine rings is 1. The summed E-state index contributed by atoms with van der Waals surface area (Å²) in [5, 5.41) is 3.52. The molecule has 1 aromatic carbocycles. The van der Waals surface area contributed by atoms with Gasteiger partial charge in [0.2, 0.25) is 0 Å². The summed E-state index contributed by atoms with van der Waals surface area (Å²) >= 11 is 3.60. The van der Waals surface area contributed by atoms with Crippen LogP contribution in [-0.2, 0) is 4.74 Å². The van der Waals surface area contributed by atoms with Gasteiger partial charge in [-0.1, -0.05) is 22.9 Å². The van der Waals surface area contributed by atoms with E-state index in [-0.39, 0.29) is 6.10 Å². The highest BCUT2D eigenvalue weighted by atomic mass is 79.9. The maximum atomic E-state index is 5.75. The average Bonchev–Trinajstić information content (AvgIpc) is 2.42. The van der Waals surface area contributed by atoms with Crippen LogP contribution in [0, 0.1) is 0 Å². The van der Waals surface area contributed by atoms with E-state index in [1.165, 1.54) is 11.3 Å². The van der Waals surface area contributed by atoms with Crippen molar-refractivity contribution in [1.29, 1.82) is 0 Å². The fraction of sp³-hybridized carbons (Fsp3) is 0.625. The Labute approximate surface area is 130 Å². The molecule has 0 saturated carbocycles. The molecule has 112 valence electrons. The Morgan fingerprint density at radius 2 is 2.20 bits per heavy atom. The second-order valence-electron chi connectivity index (χ2n) is 5.63. The van der Waals surface area contributed by atoms with Crippen molar-refractivity contribution in [3.8, 4) is 0 Å². The topological polar surface area (TPSA) is 24.5 Å². The molecule has 1 fully saturated rings. The zero-order chi connectivity index (χ0) is 14.7. The normalized spacial score (nSPS) is 24.8. The van der Waals surface area contributed by atoms with Crippen LogP contribution in [-0.4, -0.2) is 31.8 Å². The minimum Gasteiger partial charge on any atom is -0.375 e. The quantitative estimate of drug-likeness (QED) is 0.903. The van der Waals surface area contributed by atoms with Gasteiger partial charge in [-0.25, -0.2) is 0 Å². The van der Waals surface area contributed by atoms with Crippen molar-refractivity contribution >= 4 is 21.6 Å². The summed E-state index contributed by atoms with van der Waals surface area (Å²) in [4.78, 5) is 2.48. The number of nitrogens with one attached hydrogen (secondary N) is 1. The molecule has 3 nitrogen and oxygen atoms in total. The summed E-state index contributed by atoms with van der Waals surface area (Å²) in [7, 11) is 0. The molecule has 1 N–H and O–H groups in total. The molecule has 20 heavy (non-hydrogen) atoms. The third-order valence-corrected chi connectivity index (χ3v) is 4.38. The third-order valence-electron chi connectivity index (χ3n) is 3.88. The van der Waals surface area contributed by atoms with E-state index in [0.717, 1.165) is 24.2 Å². The van der Waals surface area contributed by atoms with Crippen molar-refractivity contribution in [1.82, 2.24) is 5.32 Å². The smallest absolute Gasteiger partial charge is 0.0723 e. The van der Waals surface area contributed by atoms with Gasteiger partial charge in [0.05, 0.1) is 12.7 Å². The molecule has 0 amide bonds. The van der Waals surface area contributed by atoms with Crippen molar-refractivity contribution in [3.05, 3.63) is 28.2 Å². The highest BCUT2D eigenvalue weighted by Gasteiger charge is 2.26. The lowest BCUT2D eigenvalue weighted by Crippen LogP contribution is -2.48. The molecule has 1 saturated heterocycles. The Morgan fingerprint density at radius 3 is 2.90 bits per heavy atom. The molecule has 4 heteroatoms. The van der Waals surface area contributed by atoms with Gasteiger partial charge < -0.3 is 15.0 Å². The number of hydrogen-bond acceptors (Lipinski definition) is 3. The average molecular weight is 341 g/mol. The van der Waals surface area contributed by atoms with Gasteiger partial charge in [-0.05, 0) is 51.1 Å². The molecule has 0 bridgehead atoms. The molecule has 1 aromatic rings. The van der Waals surface area contributed by atoms with E-state index in [1.54, 1.807) is 0 Å². The summed E-state index contributed by atoms with van der Waals surface area (Å²) in [5.74, 6) is 0. The van der Waals surface area contributed by atoms with Crippen molar-refractivity contribution in [2.75, 3.05) is 24.6 Å². The highest BCUT2D eigenvalue weighted by molar-refractivity contribution is 9.10. The Morgan fingerprint density at radius 1 is 1.45 bits per heavy atom. The van der Waals surface area contributed by atoms with Crippen molar-refractivity contribution < 1.29 is 4.74 Å². The van der Waals surface area contributed by atoms with Gasteiger partial charge in [0.1, 0.15) is 0 Å². The van der Waals surface area contributed by atoms with Gasteiger partial charge in [0.15, 0.2) is 0 Å². The zero-order valence-electron chi connectivity index (χ0n) is 12.8. The molecule has 3 atom stereocenters. The van der Waals surface area contributed by atoms with Crippen LogP contribution in [0.4, 0.5) is 5.69 Å². The number of halogens is 1. The molecule has 1 aliphatic rings. The molecule has 1 aliphatic heterocycles. The minimum absolute atomic E-state index is 0.289. The van der Waals surface area contributed by atoms with E-state index in [0.29, 0.717) is 12.1 Å². The molecule has 3 unspecified atom stereocenters. The number of ether oxygens (including phenoxy) is 1. The Kier molecular flexibility index (Phi) is 5.47. The van der Waals surface area contributed by atoms with Crippen molar-refractivity contribution in [3.63, 3.8) is 0 Å². The lowest BCUT2D eigenvalue weighted by molar-refractivity contribution is 0.0343. The van der Waals surface area contributed by atoms with Gasteiger partial charge in [0, 0.05) is 28.8 Å². The lowest BCUT2D eigenvalue weighted by Gasteiger charge is -2.40. The van der Waals surface area contributed by atoms with Crippen molar-refractivity contribution in [2.45, 2.75) is 45.9 Å². The van der Waals surface area contributed by atoms with E-state index >= 15 is 0 Å². The molecule has 0 spiro atoms. The van der Waals surface area contributed by atoms with Gasteiger partial charge in [0.25, 0.3) is 0 Å². The van der Waals surface area contributed by atoms with E-state index in [1.807, 2.05) is 0 Å². The van der Waals surface area contributed by atoms with E-state index in [4.69, 9.17) is 4.74 Å². The fourth-order valence-corrected chi connectivity index (χ4v) is 3.17. The van der Waals surface area contributed by atoms with Crippen LogP contribution < -0.4 is 10.2 Å². The highest BCUT2D eigenvalue weighted by Crippen LogP contribution is 2.32. The largest absolute Gasteiger partial charge is 0.375 e. The van der Waals surface area contributed by atoms with Gasteiger partial charge in [-0.3, -0.25) is 0 Å². The molecule has 2 rings (SSSR count). The second kappa shape index (κ2) is 6.92. The van der Waals surface area contributed by atoms with E-state index in [2.05, 4.69) is 72.0 Å². The first-order valence-electron chi connectivity index (χ1n) is 7.44. The first kappa shape index (κ1) is 15.8. The maximum Gasteiger partial charge on any atom is 0.0723 e. The molecule has 1 heterocycles. The summed E-state index contributed by atoms with van der Waals surface area (Å²) in [6.45, 7) is 11.5. The second-order valence-corrected chi connectivity index (χ2v) is 6.54. The predicted octanol–water partition coefficient (Wildman–Crippen LogP) is 3.73. The summed E-state index contributed by atoms with van der Waals surface area (Å²) in [6, 6.07) is 7.35. The summed E-state index contributed by atoms with van der Waals surface area (Å²) in [6.07, 6.45) is 0.289. The van der Waals surface area contributed by atoms with Gasteiger partial charge in [-0.15, -0.1) is 0 Å². The van der Waals surface area contributed by atoms with Crippen LogP contribution in [0.1, 0.15) is 39.3 Å². The fourth-order valence-electron chi connectivity index (χ4n) is 2.79. The molecule has 0 aliphatic carbocycles. The van der Waals surface area contributed by atoms with Crippen LogP contribution >= 0.6 is 15.9 Å². The predicted molar refractivity (Wildman–Crippen MR) is 88.5 cm³/mol. The first-order valence-corrected chi connectivity index (χ1v) is 8.23. The summed E-state index contributed by atoms with van der Waals surface area (Å²) < 4.78 is 6.88. The Balaban J connectivity index is 2.34. The van der Waals surface area contributed by atoms with Gasteiger partial charge >= 0.3 is 0 Å². The van der Waals surface area contributed by atoms with Crippen LogP contribution in [0.25, 0.3) is 0 Å². The van der Waals surface area contributed by atoms with Gasteiger partial charge in [-0.2, -0.15) is 0 Å². The van der Waals surface area contributed by atoms with E-state index in [9.17, 15) is 0 Å². The molecule has 0 radical (unpaired) electrons. The van der Waals surface area contributed by atoms with Crippen LogP contribution in [0.2, 0.25) is 0 Å². The Bertz CT molecular complexity index is 452. The first-order chi connectivity index (χ1) is 9.52. The molecule has 0 aromatic heterocycles. The standard InChI is InChI=1S/C16H25BrN2O/c1-5-18-13(4)15-8-14(17)6-7-16(15)19-9-12(3)20-10-11(19)2/h6-8,11-13,18H,5,9-10H2,1-4H3. The third kappa shape index (κ3) is 3.54. The van der Waals surface area contributed by atoms with Crippen LogP contribution in [0.15, 0.2) is 22.7 Å². The number of hydrogen-bond donors (Lipinski definition) is 1. The monoisotopic (exact) mass is 340 g/mol. The van der Waals surface area contributed by atoms with Crippen LogP contribution in [0.3, 0.4) is 0 Å². The zero-order valence-corrected chi connectivity index (χ0v) is 14.4. The SMILES string of the molecule is CCNC(C)c1cc(Br)ccc1N1CC(C)OCC1C. The number of rotatable bonds is 4. The number of anilines is 1. The summed E-state index contributed by atoms with van der Waals surface area (Å²) in [5.41, 5.74) is 2.67. The Hall–Kier alpha value is -0.580. The number of nitrogens with zero attached hydrogens (tertiary/aromatic N) is 1. The number of benzene rings is 1. The molecular formula is C16H25BrN2O. The van der Waals surface area contributed by atoms with Crippen LogP contribution in [0.5, 0.6) is 0 Å². The van der Waals surface area contributed by atoms with Crippen molar-refractivity contribution in [2.24, 2.45) is 0 Å². The maximum absolute atomic E-state index is 5.75. The lowest BCUT2D eigenvalue weighted by atomic mass is 10.0. The minimum atomic E-state index is 0.289. The molecular weight excluding hydrogens is 316 g/mol.